The Hall–Kier alpha value is -1.28. The second-order valence-electron chi connectivity index (χ2n) is 4.30. The first kappa shape index (κ1) is 11.2. The molecular formula is C11H19N5. The lowest BCUT2D eigenvalue weighted by molar-refractivity contribution is 0.264. The summed E-state index contributed by atoms with van der Waals surface area (Å²) in [5, 5.41) is 12.1. The molecule has 0 spiro atoms. The highest BCUT2D eigenvalue weighted by Crippen LogP contribution is 2.11. The molecule has 0 saturated carbocycles. The van der Waals surface area contributed by atoms with Crippen molar-refractivity contribution in [3.05, 3.63) is 0 Å². The Morgan fingerprint density at radius 2 is 1.62 bits per heavy atom. The van der Waals surface area contributed by atoms with Crippen LogP contribution >= 0.6 is 0 Å². The Kier molecular flexibility index (Phi) is 4.00. The molecule has 0 aromatic rings. The lowest BCUT2D eigenvalue weighted by atomic mass is 10.1. The largest absolute Gasteiger partial charge is 0.342 e. The fourth-order valence-corrected chi connectivity index (χ4v) is 2.34. The van der Waals surface area contributed by atoms with Gasteiger partial charge in [0.2, 0.25) is 12.2 Å². The number of nitrogens with zero attached hydrogens (tertiary/aromatic N) is 4. The zero-order chi connectivity index (χ0) is 11.2. The summed E-state index contributed by atoms with van der Waals surface area (Å²) < 4.78 is 0. The standard InChI is InChI=1S/C11H19N5/c12-10-14-11(15-6-2-1-3-7-15)16-8-4-13-5-9-16/h13H,1-9H2/b14-11+. The summed E-state index contributed by atoms with van der Waals surface area (Å²) in [5.41, 5.74) is 0. The first-order chi connectivity index (χ1) is 7.92. The van der Waals surface area contributed by atoms with Crippen molar-refractivity contribution in [1.82, 2.24) is 15.1 Å². The number of hydrogen-bond acceptors (Lipinski definition) is 3. The highest BCUT2D eigenvalue weighted by Gasteiger charge is 2.21. The summed E-state index contributed by atoms with van der Waals surface area (Å²) in [6, 6.07) is 0. The number of guanidine groups is 1. The van der Waals surface area contributed by atoms with Crippen molar-refractivity contribution in [3.63, 3.8) is 0 Å². The second-order valence-corrected chi connectivity index (χ2v) is 4.30. The zero-order valence-electron chi connectivity index (χ0n) is 9.65. The van der Waals surface area contributed by atoms with E-state index in [2.05, 4.69) is 20.1 Å². The molecular weight excluding hydrogens is 202 g/mol. The second kappa shape index (κ2) is 5.71. The van der Waals surface area contributed by atoms with Crippen LogP contribution in [0.4, 0.5) is 0 Å². The highest BCUT2D eigenvalue weighted by atomic mass is 15.4. The van der Waals surface area contributed by atoms with Gasteiger partial charge < -0.3 is 15.1 Å². The SMILES string of the molecule is N#C/N=C(\N1CCCCC1)N1CCNCC1. The molecule has 5 heteroatoms. The zero-order valence-corrected chi connectivity index (χ0v) is 9.65. The van der Waals surface area contributed by atoms with Crippen LogP contribution in [-0.2, 0) is 0 Å². The lowest BCUT2D eigenvalue weighted by Crippen LogP contribution is -2.53. The number of likely N-dealkylation sites (tertiary alicyclic amines) is 1. The van der Waals surface area contributed by atoms with Gasteiger partial charge in [-0.2, -0.15) is 5.26 Å². The van der Waals surface area contributed by atoms with Gasteiger partial charge in [-0.05, 0) is 19.3 Å². The van der Waals surface area contributed by atoms with Gasteiger partial charge in [-0.1, -0.05) is 0 Å². The third-order valence-electron chi connectivity index (χ3n) is 3.19. The molecule has 1 N–H and O–H groups in total. The van der Waals surface area contributed by atoms with Crippen molar-refractivity contribution in [3.8, 4) is 6.19 Å². The van der Waals surface area contributed by atoms with Gasteiger partial charge in [0, 0.05) is 39.3 Å². The molecule has 2 saturated heterocycles. The molecule has 5 nitrogen and oxygen atoms in total. The van der Waals surface area contributed by atoms with Crippen LogP contribution in [0.2, 0.25) is 0 Å². The molecule has 0 unspecified atom stereocenters. The van der Waals surface area contributed by atoms with Crippen molar-refractivity contribution in [2.75, 3.05) is 39.3 Å². The fourth-order valence-electron chi connectivity index (χ4n) is 2.34. The lowest BCUT2D eigenvalue weighted by Gasteiger charge is -2.37. The van der Waals surface area contributed by atoms with Gasteiger partial charge in [-0.15, -0.1) is 4.99 Å². The Bertz CT molecular complexity index is 261. The van der Waals surface area contributed by atoms with Crippen LogP contribution in [0.1, 0.15) is 19.3 Å². The van der Waals surface area contributed by atoms with Crippen LogP contribution in [0.5, 0.6) is 0 Å². The van der Waals surface area contributed by atoms with Gasteiger partial charge in [0.15, 0.2) is 0 Å². The van der Waals surface area contributed by atoms with E-state index in [1.54, 1.807) is 0 Å². The summed E-state index contributed by atoms with van der Waals surface area (Å²) in [7, 11) is 0. The minimum atomic E-state index is 0.892. The van der Waals surface area contributed by atoms with Crippen LogP contribution in [0.15, 0.2) is 4.99 Å². The van der Waals surface area contributed by atoms with Crippen LogP contribution in [0, 0.1) is 11.5 Å². The minimum Gasteiger partial charge on any atom is -0.342 e. The summed E-state index contributed by atoms with van der Waals surface area (Å²) in [4.78, 5) is 8.51. The highest BCUT2D eigenvalue weighted by molar-refractivity contribution is 5.81. The van der Waals surface area contributed by atoms with E-state index < -0.39 is 0 Å². The van der Waals surface area contributed by atoms with Gasteiger partial charge in [-0.25, -0.2) is 0 Å². The van der Waals surface area contributed by atoms with E-state index in [9.17, 15) is 0 Å². The number of piperidine rings is 1. The Morgan fingerprint density at radius 1 is 1.00 bits per heavy atom. The Morgan fingerprint density at radius 3 is 2.25 bits per heavy atom. The van der Waals surface area contributed by atoms with E-state index >= 15 is 0 Å². The van der Waals surface area contributed by atoms with Gasteiger partial charge in [0.1, 0.15) is 0 Å². The van der Waals surface area contributed by atoms with Crippen molar-refractivity contribution in [2.45, 2.75) is 19.3 Å². The van der Waals surface area contributed by atoms with E-state index in [1.807, 2.05) is 6.19 Å². The van der Waals surface area contributed by atoms with Crippen molar-refractivity contribution in [2.24, 2.45) is 4.99 Å². The van der Waals surface area contributed by atoms with Crippen LogP contribution in [-0.4, -0.2) is 55.0 Å². The molecule has 2 rings (SSSR count). The number of nitrogens with one attached hydrogen (secondary N) is 1. The van der Waals surface area contributed by atoms with E-state index in [-0.39, 0.29) is 0 Å². The predicted octanol–water partition coefficient (Wildman–Crippen LogP) is 0.215. The average Bonchev–Trinajstić information content (AvgIpc) is 2.38. The maximum absolute atomic E-state index is 8.79. The molecule has 2 heterocycles. The van der Waals surface area contributed by atoms with Gasteiger partial charge in [0.05, 0.1) is 0 Å². The van der Waals surface area contributed by atoms with Gasteiger partial charge in [-0.3, -0.25) is 0 Å². The monoisotopic (exact) mass is 221 g/mol. The number of rotatable bonds is 0. The Labute approximate surface area is 96.7 Å². The molecule has 0 aliphatic carbocycles. The maximum atomic E-state index is 8.79. The van der Waals surface area contributed by atoms with E-state index in [4.69, 9.17) is 5.26 Å². The number of piperazine rings is 1. The molecule has 0 aromatic heterocycles. The minimum absolute atomic E-state index is 0.892. The first-order valence-corrected chi connectivity index (χ1v) is 6.09. The summed E-state index contributed by atoms with van der Waals surface area (Å²) in [5.74, 6) is 0.892. The quantitative estimate of drug-likeness (QED) is 0.361. The fraction of sp³-hybridized carbons (Fsp3) is 0.818. The van der Waals surface area contributed by atoms with Crippen LogP contribution in [0.3, 0.4) is 0 Å². The molecule has 2 fully saturated rings. The molecule has 16 heavy (non-hydrogen) atoms. The molecule has 0 amide bonds. The van der Waals surface area contributed by atoms with E-state index in [1.165, 1.54) is 19.3 Å². The van der Waals surface area contributed by atoms with Gasteiger partial charge >= 0.3 is 0 Å². The average molecular weight is 221 g/mol. The number of aliphatic imine (C=N–C) groups is 1. The molecule has 0 bridgehead atoms. The molecule has 2 aliphatic heterocycles. The van der Waals surface area contributed by atoms with Crippen molar-refractivity contribution < 1.29 is 0 Å². The summed E-state index contributed by atoms with van der Waals surface area (Å²) in [6.07, 6.45) is 5.69. The molecule has 0 radical (unpaired) electrons. The maximum Gasteiger partial charge on any atom is 0.212 e. The van der Waals surface area contributed by atoms with Crippen LogP contribution < -0.4 is 5.32 Å². The van der Waals surface area contributed by atoms with Crippen molar-refractivity contribution >= 4 is 5.96 Å². The molecule has 0 aromatic carbocycles. The number of hydrogen-bond donors (Lipinski definition) is 1. The predicted molar refractivity (Wildman–Crippen MR) is 62.9 cm³/mol. The Balaban J connectivity index is 2.03. The smallest absolute Gasteiger partial charge is 0.212 e. The third kappa shape index (κ3) is 2.64. The normalized spacial score (nSPS) is 23.1. The van der Waals surface area contributed by atoms with Crippen molar-refractivity contribution in [1.29, 1.82) is 5.26 Å². The molecule has 0 atom stereocenters. The summed E-state index contributed by atoms with van der Waals surface area (Å²) >= 11 is 0. The molecule has 88 valence electrons. The topological polar surface area (TPSA) is 54.7 Å². The van der Waals surface area contributed by atoms with Crippen LogP contribution in [0.25, 0.3) is 0 Å². The molecule has 2 aliphatic rings. The number of nitriles is 1. The van der Waals surface area contributed by atoms with Gasteiger partial charge in [0.25, 0.3) is 0 Å². The first-order valence-electron chi connectivity index (χ1n) is 6.09. The van der Waals surface area contributed by atoms with E-state index in [0.717, 1.165) is 45.2 Å². The van der Waals surface area contributed by atoms with E-state index in [0.29, 0.717) is 0 Å². The summed E-state index contributed by atoms with van der Waals surface area (Å²) in [6.45, 7) is 5.97. The third-order valence-corrected chi connectivity index (χ3v) is 3.19.